The lowest BCUT2D eigenvalue weighted by Crippen LogP contribution is -2.15. The molecule has 21 heavy (non-hydrogen) atoms. The van der Waals surface area contributed by atoms with Gasteiger partial charge in [0.1, 0.15) is 0 Å². The second-order valence-corrected chi connectivity index (χ2v) is 4.44. The van der Waals surface area contributed by atoms with Crippen molar-refractivity contribution in [3.8, 4) is 0 Å². The number of aromatic carboxylic acids is 1. The first-order valence-electron chi connectivity index (χ1n) is 6.22. The average Bonchev–Trinajstić information content (AvgIpc) is 2.94. The van der Waals surface area contributed by atoms with E-state index >= 15 is 0 Å². The van der Waals surface area contributed by atoms with Crippen LogP contribution >= 0.6 is 0 Å². The number of hydrogen-bond acceptors (Lipinski definition) is 3. The molecule has 0 radical (unpaired) electrons. The molecule has 104 valence electrons. The van der Waals surface area contributed by atoms with Crippen LogP contribution in [-0.4, -0.2) is 27.0 Å². The maximum atomic E-state index is 12.2. The smallest absolute Gasteiger partial charge is 0.356 e. The molecule has 3 rings (SSSR count). The number of benzene rings is 1. The number of nitrogens with zero attached hydrogens (tertiary/aromatic N) is 1. The molecular weight excluding hydrogens is 270 g/mol. The summed E-state index contributed by atoms with van der Waals surface area (Å²) in [5.41, 5.74) is 1.36. The Hall–Kier alpha value is -3.15. The topological polar surface area (TPSA) is 95.1 Å². The van der Waals surface area contributed by atoms with E-state index < -0.39 is 5.97 Å². The highest BCUT2D eigenvalue weighted by Crippen LogP contribution is 2.17. The van der Waals surface area contributed by atoms with Gasteiger partial charge in [-0.15, -0.1) is 0 Å². The quantitative estimate of drug-likeness (QED) is 0.687. The SMILES string of the molecule is O=C(Nc1cccnc1C(=O)O)c1ccc2[nH]ccc2c1. The minimum Gasteiger partial charge on any atom is -0.476 e. The van der Waals surface area contributed by atoms with Gasteiger partial charge in [-0.3, -0.25) is 4.79 Å². The molecule has 0 aliphatic carbocycles. The maximum Gasteiger partial charge on any atom is 0.356 e. The molecule has 1 amide bonds. The number of nitrogens with one attached hydrogen (secondary N) is 2. The highest BCUT2D eigenvalue weighted by atomic mass is 16.4. The second-order valence-electron chi connectivity index (χ2n) is 4.44. The number of fused-ring (bicyclic) bond motifs is 1. The van der Waals surface area contributed by atoms with E-state index in [1.54, 1.807) is 30.5 Å². The van der Waals surface area contributed by atoms with Gasteiger partial charge in [0.15, 0.2) is 5.69 Å². The molecule has 0 atom stereocenters. The summed E-state index contributed by atoms with van der Waals surface area (Å²) < 4.78 is 0. The van der Waals surface area contributed by atoms with Crippen molar-refractivity contribution in [2.24, 2.45) is 0 Å². The van der Waals surface area contributed by atoms with Gasteiger partial charge in [0.2, 0.25) is 0 Å². The molecule has 0 saturated carbocycles. The van der Waals surface area contributed by atoms with E-state index in [-0.39, 0.29) is 17.3 Å². The summed E-state index contributed by atoms with van der Waals surface area (Å²) in [6.45, 7) is 0. The first-order valence-corrected chi connectivity index (χ1v) is 6.22. The first kappa shape index (κ1) is 12.9. The number of H-pyrrole nitrogens is 1. The van der Waals surface area contributed by atoms with Crippen molar-refractivity contribution >= 4 is 28.5 Å². The number of rotatable bonds is 3. The highest BCUT2D eigenvalue weighted by molar-refractivity contribution is 6.08. The van der Waals surface area contributed by atoms with Gasteiger partial charge in [-0.1, -0.05) is 0 Å². The van der Waals surface area contributed by atoms with Crippen molar-refractivity contribution in [1.82, 2.24) is 9.97 Å². The maximum absolute atomic E-state index is 12.2. The van der Waals surface area contributed by atoms with Crippen LogP contribution in [0.5, 0.6) is 0 Å². The van der Waals surface area contributed by atoms with Crippen LogP contribution in [0.15, 0.2) is 48.8 Å². The third-order valence-electron chi connectivity index (χ3n) is 3.07. The molecule has 3 aromatic rings. The number of carboxylic acid groups (broad SMARTS) is 1. The van der Waals surface area contributed by atoms with Crippen LogP contribution < -0.4 is 5.32 Å². The predicted octanol–water partition coefficient (Wildman–Crippen LogP) is 2.51. The molecule has 6 nitrogen and oxygen atoms in total. The van der Waals surface area contributed by atoms with Crippen molar-refractivity contribution in [3.63, 3.8) is 0 Å². The number of pyridine rings is 1. The fourth-order valence-electron chi connectivity index (χ4n) is 2.07. The van der Waals surface area contributed by atoms with Gasteiger partial charge in [0, 0.05) is 28.9 Å². The van der Waals surface area contributed by atoms with Gasteiger partial charge in [-0.05, 0) is 36.4 Å². The predicted molar refractivity (Wildman–Crippen MR) is 77.4 cm³/mol. The number of carbonyl (C=O) groups is 2. The van der Waals surface area contributed by atoms with Crippen molar-refractivity contribution in [2.75, 3.05) is 5.32 Å². The molecule has 6 heteroatoms. The van der Waals surface area contributed by atoms with Crippen LogP contribution in [0.1, 0.15) is 20.8 Å². The largest absolute Gasteiger partial charge is 0.476 e. The average molecular weight is 281 g/mol. The summed E-state index contributed by atoms with van der Waals surface area (Å²) in [4.78, 5) is 30.1. The van der Waals surface area contributed by atoms with E-state index in [1.165, 1.54) is 12.3 Å². The van der Waals surface area contributed by atoms with Crippen LogP contribution in [0, 0.1) is 0 Å². The number of amides is 1. The molecule has 0 saturated heterocycles. The number of aromatic amines is 1. The van der Waals surface area contributed by atoms with E-state index in [9.17, 15) is 9.59 Å². The third-order valence-corrected chi connectivity index (χ3v) is 3.07. The lowest BCUT2D eigenvalue weighted by atomic mass is 10.1. The van der Waals surface area contributed by atoms with Crippen molar-refractivity contribution < 1.29 is 14.7 Å². The van der Waals surface area contributed by atoms with Crippen molar-refractivity contribution in [2.45, 2.75) is 0 Å². The molecule has 1 aromatic carbocycles. The summed E-state index contributed by atoms with van der Waals surface area (Å²) in [5, 5.41) is 12.5. The number of carbonyl (C=O) groups excluding carboxylic acids is 1. The van der Waals surface area contributed by atoms with Gasteiger partial charge in [-0.25, -0.2) is 9.78 Å². The summed E-state index contributed by atoms with van der Waals surface area (Å²) >= 11 is 0. The molecular formula is C15H11N3O3. The fourth-order valence-corrected chi connectivity index (χ4v) is 2.07. The molecule has 0 aliphatic heterocycles. The Labute approximate surface area is 119 Å². The van der Waals surface area contributed by atoms with E-state index in [0.29, 0.717) is 5.56 Å². The highest BCUT2D eigenvalue weighted by Gasteiger charge is 2.14. The minimum atomic E-state index is -1.19. The Morgan fingerprint density at radius 1 is 1.19 bits per heavy atom. The zero-order valence-corrected chi connectivity index (χ0v) is 10.8. The lowest BCUT2D eigenvalue weighted by molar-refractivity contribution is 0.0692. The number of hydrogen-bond donors (Lipinski definition) is 3. The monoisotopic (exact) mass is 281 g/mol. The first-order chi connectivity index (χ1) is 10.1. The standard InChI is InChI=1S/C15H11N3O3/c19-14(10-3-4-11-9(8-10)5-7-16-11)18-12-2-1-6-17-13(12)15(20)21/h1-8,16H,(H,18,19)(H,20,21). The molecule has 0 bridgehead atoms. The Morgan fingerprint density at radius 2 is 2.05 bits per heavy atom. The minimum absolute atomic E-state index is 0.171. The Morgan fingerprint density at radius 3 is 2.86 bits per heavy atom. The summed E-state index contributed by atoms with van der Waals surface area (Å²) in [6.07, 6.45) is 3.15. The molecule has 2 heterocycles. The Bertz CT molecular complexity index is 839. The fraction of sp³-hybridized carbons (Fsp3) is 0. The zero-order valence-electron chi connectivity index (χ0n) is 10.8. The number of anilines is 1. The van der Waals surface area contributed by atoms with Crippen LogP contribution in [0.25, 0.3) is 10.9 Å². The van der Waals surface area contributed by atoms with E-state index in [0.717, 1.165) is 10.9 Å². The number of carboxylic acids is 1. The van der Waals surface area contributed by atoms with Crippen LogP contribution in [0.2, 0.25) is 0 Å². The van der Waals surface area contributed by atoms with Gasteiger partial charge in [0.05, 0.1) is 5.69 Å². The van der Waals surface area contributed by atoms with Crippen LogP contribution in [0.3, 0.4) is 0 Å². The van der Waals surface area contributed by atoms with Crippen molar-refractivity contribution in [1.29, 1.82) is 0 Å². The molecule has 0 unspecified atom stereocenters. The van der Waals surface area contributed by atoms with Gasteiger partial charge in [0.25, 0.3) is 5.91 Å². The van der Waals surface area contributed by atoms with E-state index in [2.05, 4.69) is 15.3 Å². The molecule has 0 fully saturated rings. The molecule has 3 N–H and O–H groups in total. The summed E-state index contributed by atoms with van der Waals surface area (Å²) in [6, 6.07) is 10.1. The second kappa shape index (κ2) is 5.09. The molecule has 2 aromatic heterocycles. The normalized spacial score (nSPS) is 10.5. The Kier molecular flexibility index (Phi) is 3.12. The lowest BCUT2D eigenvalue weighted by Gasteiger charge is -2.07. The molecule has 0 aliphatic rings. The Balaban J connectivity index is 1.91. The van der Waals surface area contributed by atoms with Gasteiger partial charge >= 0.3 is 5.97 Å². The molecule has 0 spiro atoms. The van der Waals surface area contributed by atoms with Gasteiger partial charge < -0.3 is 15.4 Å². The zero-order chi connectivity index (χ0) is 14.8. The van der Waals surface area contributed by atoms with Crippen molar-refractivity contribution in [3.05, 3.63) is 60.0 Å². The van der Waals surface area contributed by atoms with Crippen LogP contribution in [-0.2, 0) is 0 Å². The van der Waals surface area contributed by atoms with E-state index in [1.807, 2.05) is 6.07 Å². The summed E-state index contributed by atoms with van der Waals surface area (Å²) in [5.74, 6) is -1.57. The third kappa shape index (κ3) is 2.46. The van der Waals surface area contributed by atoms with Crippen LogP contribution in [0.4, 0.5) is 5.69 Å². The number of aromatic nitrogens is 2. The van der Waals surface area contributed by atoms with Gasteiger partial charge in [-0.2, -0.15) is 0 Å². The van der Waals surface area contributed by atoms with E-state index in [4.69, 9.17) is 5.11 Å². The summed E-state index contributed by atoms with van der Waals surface area (Å²) in [7, 11) is 0.